The van der Waals surface area contributed by atoms with Crippen LogP contribution < -0.4 is 5.32 Å². The molecule has 0 aromatic carbocycles. The predicted molar refractivity (Wildman–Crippen MR) is 60.2 cm³/mol. The van der Waals surface area contributed by atoms with Gasteiger partial charge in [-0.3, -0.25) is 0 Å². The molecule has 1 N–H and O–H groups in total. The molecule has 80 valence electrons. The van der Waals surface area contributed by atoms with Crippen LogP contribution in [0.4, 0.5) is 0 Å². The Labute approximate surface area is 85.6 Å². The predicted octanol–water partition coefficient (Wildman–Crippen LogP) is 0.762. The molecule has 0 amide bonds. The van der Waals surface area contributed by atoms with E-state index in [1.807, 2.05) is 18.8 Å². The van der Waals surface area contributed by atoms with Crippen LogP contribution in [0.3, 0.4) is 0 Å². The fourth-order valence-electron chi connectivity index (χ4n) is 0.927. The lowest BCUT2D eigenvalue weighted by Gasteiger charge is -2.14. The number of sulfone groups is 1. The first-order valence-corrected chi connectivity index (χ1v) is 7.64. The molecule has 0 aliphatic heterocycles. The Hall–Kier alpha value is 0.260. The Balaban J connectivity index is 3.72. The van der Waals surface area contributed by atoms with Crippen molar-refractivity contribution < 1.29 is 8.42 Å². The normalized spacial score (nSPS) is 14.4. The van der Waals surface area contributed by atoms with E-state index < -0.39 is 9.84 Å². The second-order valence-electron chi connectivity index (χ2n) is 3.06. The average Bonchev–Trinajstić information content (AvgIpc) is 2.03. The lowest BCUT2D eigenvalue weighted by Crippen LogP contribution is -2.30. The summed E-state index contributed by atoms with van der Waals surface area (Å²) in [6.45, 7) is 2.11. The van der Waals surface area contributed by atoms with Crippen molar-refractivity contribution in [3.63, 3.8) is 0 Å². The van der Waals surface area contributed by atoms with Crippen molar-refractivity contribution >= 4 is 21.6 Å². The van der Waals surface area contributed by atoms with Gasteiger partial charge in [-0.1, -0.05) is 6.92 Å². The molecule has 0 rings (SSSR count). The average molecular weight is 225 g/mol. The van der Waals surface area contributed by atoms with E-state index in [9.17, 15) is 8.42 Å². The molecular weight excluding hydrogens is 206 g/mol. The maximum absolute atomic E-state index is 10.9. The summed E-state index contributed by atoms with van der Waals surface area (Å²) in [4.78, 5) is 0. The molecule has 3 nitrogen and oxygen atoms in total. The van der Waals surface area contributed by atoms with Crippen LogP contribution in [-0.4, -0.2) is 45.0 Å². The number of nitrogens with one attached hydrogen (secondary N) is 1. The lowest BCUT2D eigenvalue weighted by molar-refractivity contribution is 0.573. The van der Waals surface area contributed by atoms with Gasteiger partial charge in [0.2, 0.25) is 0 Å². The first kappa shape index (κ1) is 13.3. The molecule has 0 heterocycles. The van der Waals surface area contributed by atoms with Crippen LogP contribution in [0.2, 0.25) is 0 Å². The zero-order valence-corrected chi connectivity index (χ0v) is 10.2. The smallest absolute Gasteiger partial charge is 0.147 e. The van der Waals surface area contributed by atoms with Gasteiger partial charge in [0.05, 0.1) is 5.75 Å². The van der Waals surface area contributed by atoms with Crippen LogP contribution in [0.25, 0.3) is 0 Å². The molecule has 0 aliphatic rings. The fourth-order valence-corrected chi connectivity index (χ4v) is 2.49. The summed E-state index contributed by atoms with van der Waals surface area (Å²) in [6.07, 6.45) is 2.00. The molecule has 0 radical (unpaired) electrons. The third-order valence-corrected chi connectivity index (χ3v) is 3.79. The van der Waals surface area contributed by atoms with Crippen LogP contribution in [0.5, 0.6) is 0 Å². The van der Waals surface area contributed by atoms with Gasteiger partial charge in [0.15, 0.2) is 0 Å². The monoisotopic (exact) mass is 225 g/mol. The fraction of sp³-hybridized carbons (Fsp3) is 1.00. The summed E-state index contributed by atoms with van der Waals surface area (Å²) in [5, 5.41) is 3.12. The van der Waals surface area contributed by atoms with Crippen molar-refractivity contribution in [2.75, 3.05) is 30.6 Å². The zero-order chi connectivity index (χ0) is 10.3. The molecule has 5 heteroatoms. The van der Waals surface area contributed by atoms with Crippen LogP contribution >= 0.6 is 11.8 Å². The van der Waals surface area contributed by atoms with Gasteiger partial charge < -0.3 is 5.32 Å². The van der Waals surface area contributed by atoms with Crippen LogP contribution in [0.15, 0.2) is 0 Å². The van der Waals surface area contributed by atoms with Crippen LogP contribution in [0.1, 0.15) is 13.3 Å². The second-order valence-corrected chi connectivity index (χ2v) is 6.64. The Morgan fingerprint density at radius 1 is 1.46 bits per heavy atom. The van der Waals surface area contributed by atoms with Crippen molar-refractivity contribution in [1.29, 1.82) is 0 Å². The molecule has 0 saturated carbocycles. The highest BCUT2D eigenvalue weighted by molar-refractivity contribution is 7.99. The minimum absolute atomic E-state index is 0.281. The minimum atomic E-state index is -2.80. The Bertz CT molecular complexity index is 214. The Morgan fingerprint density at radius 3 is 2.46 bits per heavy atom. The van der Waals surface area contributed by atoms with E-state index in [1.165, 1.54) is 6.26 Å². The van der Waals surface area contributed by atoms with Gasteiger partial charge in [0.1, 0.15) is 9.84 Å². The lowest BCUT2D eigenvalue weighted by atomic mass is 10.3. The van der Waals surface area contributed by atoms with Gasteiger partial charge in [-0.25, -0.2) is 8.42 Å². The molecule has 1 unspecified atom stereocenters. The highest BCUT2D eigenvalue weighted by Gasteiger charge is 2.09. The first-order valence-electron chi connectivity index (χ1n) is 4.42. The standard InChI is InChI=1S/C8H19NO2S2/c1-4-12-7-8(9-2)5-6-13(3,10)11/h8-9H,4-7H2,1-3H3. The largest absolute Gasteiger partial charge is 0.316 e. The maximum atomic E-state index is 10.9. The summed E-state index contributed by atoms with van der Waals surface area (Å²) < 4.78 is 21.8. The van der Waals surface area contributed by atoms with Crippen LogP contribution in [-0.2, 0) is 9.84 Å². The van der Waals surface area contributed by atoms with E-state index >= 15 is 0 Å². The summed E-state index contributed by atoms with van der Waals surface area (Å²) in [5.74, 6) is 2.35. The summed E-state index contributed by atoms with van der Waals surface area (Å²) in [7, 11) is -0.925. The third-order valence-electron chi connectivity index (χ3n) is 1.77. The molecular formula is C8H19NO2S2. The van der Waals surface area contributed by atoms with E-state index in [-0.39, 0.29) is 5.75 Å². The van der Waals surface area contributed by atoms with E-state index in [0.29, 0.717) is 12.5 Å². The maximum Gasteiger partial charge on any atom is 0.147 e. The molecule has 13 heavy (non-hydrogen) atoms. The highest BCUT2D eigenvalue weighted by Crippen LogP contribution is 2.05. The Morgan fingerprint density at radius 2 is 2.08 bits per heavy atom. The molecule has 0 fully saturated rings. The third kappa shape index (κ3) is 8.59. The van der Waals surface area contributed by atoms with E-state index in [0.717, 1.165) is 11.5 Å². The van der Waals surface area contributed by atoms with Crippen molar-refractivity contribution in [3.8, 4) is 0 Å². The van der Waals surface area contributed by atoms with Gasteiger partial charge in [-0.2, -0.15) is 11.8 Å². The van der Waals surface area contributed by atoms with Crippen LogP contribution in [0, 0.1) is 0 Å². The van der Waals surface area contributed by atoms with Crippen molar-refractivity contribution in [2.45, 2.75) is 19.4 Å². The zero-order valence-electron chi connectivity index (χ0n) is 8.54. The molecule has 0 aromatic rings. The molecule has 0 bridgehead atoms. The van der Waals surface area contributed by atoms with E-state index in [4.69, 9.17) is 0 Å². The quantitative estimate of drug-likeness (QED) is 0.695. The molecule has 1 atom stereocenters. The van der Waals surface area contributed by atoms with Crippen molar-refractivity contribution in [2.24, 2.45) is 0 Å². The van der Waals surface area contributed by atoms with Gasteiger partial charge in [0.25, 0.3) is 0 Å². The van der Waals surface area contributed by atoms with Crippen molar-refractivity contribution in [3.05, 3.63) is 0 Å². The van der Waals surface area contributed by atoms with Gasteiger partial charge in [-0.05, 0) is 19.2 Å². The summed E-state index contributed by atoms with van der Waals surface area (Å²) in [6, 6.07) is 0.319. The van der Waals surface area contributed by atoms with E-state index in [1.54, 1.807) is 0 Å². The van der Waals surface area contributed by atoms with Gasteiger partial charge >= 0.3 is 0 Å². The number of thioether (sulfide) groups is 1. The number of rotatable bonds is 7. The SMILES string of the molecule is CCSCC(CCS(C)(=O)=O)NC. The van der Waals surface area contributed by atoms with E-state index in [2.05, 4.69) is 12.2 Å². The molecule has 0 spiro atoms. The van der Waals surface area contributed by atoms with Crippen molar-refractivity contribution in [1.82, 2.24) is 5.32 Å². The summed E-state index contributed by atoms with van der Waals surface area (Å²) >= 11 is 1.83. The first-order chi connectivity index (χ1) is 5.99. The topological polar surface area (TPSA) is 46.2 Å². The number of hydrogen-bond acceptors (Lipinski definition) is 4. The summed E-state index contributed by atoms with van der Waals surface area (Å²) in [5.41, 5.74) is 0. The number of hydrogen-bond donors (Lipinski definition) is 1. The molecule has 0 aromatic heterocycles. The van der Waals surface area contributed by atoms with Gasteiger partial charge in [0, 0.05) is 18.1 Å². The second kappa shape index (κ2) is 6.68. The Kier molecular flexibility index (Phi) is 6.81. The molecule has 0 aliphatic carbocycles. The molecule has 0 saturated heterocycles. The highest BCUT2D eigenvalue weighted by atomic mass is 32.2. The minimum Gasteiger partial charge on any atom is -0.316 e. The van der Waals surface area contributed by atoms with Gasteiger partial charge in [-0.15, -0.1) is 0 Å².